The van der Waals surface area contributed by atoms with E-state index in [1.54, 1.807) is 0 Å². The maximum Gasteiger partial charge on any atom is 0.251 e. The predicted octanol–water partition coefficient (Wildman–Crippen LogP) is 5.33. The third kappa shape index (κ3) is 6.48. The number of oxazole rings is 1. The van der Waals surface area contributed by atoms with Crippen molar-refractivity contribution in [2.45, 2.75) is 40.2 Å². The average Bonchev–Trinajstić information content (AvgIpc) is 3.21. The second kappa shape index (κ2) is 11.3. The summed E-state index contributed by atoms with van der Waals surface area (Å²) in [7, 11) is 0. The van der Waals surface area contributed by atoms with E-state index in [1.165, 1.54) is 19.5 Å². The molecule has 1 saturated heterocycles. The number of hydrogen-bond acceptors (Lipinski definition) is 5. The summed E-state index contributed by atoms with van der Waals surface area (Å²) in [6.07, 6.45) is 2.28. The fourth-order valence-corrected chi connectivity index (χ4v) is 4.70. The van der Waals surface area contributed by atoms with E-state index in [-0.39, 0.29) is 5.91 Å². The van der Waals surface area contributed by atoms with Gasteiger partial charge in [-0.05, 0) is 74.5 Å². The van der Waals surface area contributed by atoms with E-state index in [9.17, 15) is 4.79 Å². The lowest BCUT2D eigenvalue weighted by Crippen LogP contribution is -2.40. The van der Waals surface area contributed by atoms with Crippen LogP contribution in [0.15, 0.2) is 59.0 Å². The van der Waals surface area contributed by atoms with Gasteiger partial charge < -0.3 is 19.4 Å². The van der Waals surface area contributed by atoms with Crippen molar-refractivity contribution >= 4 is 5.91 Å². The van der Waals surface area contributed by atoms with Crippen LogP contribution in [-0.4, -0.2) is 42.0 Å². The van der Waals surface area contributed by atoms with Crippen molar-refractivity contribution in [2.24, 2.45) is 11.8 Å². The number of likely N-dealkylation sites (tertiary alicyclic amines) is 1. The molecule has 4 rings (SSSR count). The first-order valence-electron chi connectivity index (χ1n) is 12.2. The monoisotopic (exact) mass is 461 g/mol. The highest BCUT2D eigenvalue weighted by atomic mass is 16.5. The number of para-hydroxylation sites is 1. The molecule has 6 nitrogen and oxygen atoms in total. The van der Waals surface area contributed by atoms with Crippen LogP contribution < -0.4 is 10.1 Å². The predicted molar refractivity (Wildman–Crippen MR) is 134 cm³/mol. The van der Waals surface area contributed by atoms with E-state index in [4.69, 9.17) is 9.15 Å². The van der Waals surface area contributed by atoms with Crippen molar-refractivity contribution in [1.82, 2.24) is 15.2 Å². The minimum absolute atomic E-state index is 0.0486. The topological polar surface area (TPSA) is 67.6 Å². The lowest BCUT2D eigenvalue weighted by Gasteiger charge is -2.34. The number of carbonyl (C=O) groups excluding carboxylic acids is 1. The van der Waals surface area contributed by atoms with Crippen LogP contribution in [0.1, 0.15) is 48.5 Å². The summed E-state index contributed by atoms with van der Waals surface area (Å²) < 4.78 is 11.6. The molecule has 0 bridgehead atoms. The highest BCUT2D eigenvalue weighted by molar-refractivity contribution is 5.94. The molecule has 1 amide bonds. The van der Waals surface area contributed by atoms with E-state index in [1.807, 2.05) is 61.5 Å². The van der Waals surface area contributed by atoms with Crippen LogP contribution in [0.3, 0.4) is 0 Å². The molecule has 6 heteroatoms. The van der Waals surface area contributed by atoms with E-state index >= 15 is 0 Å². The Labute approximate surface area is 202 Å². The molecule has 1 fully saturated rings. The highest BCUT2D eigenvalue weighted by Gasteiger charge is 2.21. The van der Waals surface area contributed by atoms with Gasteiger partial charge in [-0.25, -0.2) is 4.98 Å². The number of aryl methyl sites for hydroxylation is 1. The molecule has 2 atom stereocenters. The largest absolute Gasteiger partial charge is 0.487 e. The molecule has 1 aromatic heterocycles. The second-order valence-corrected chi connectivity index (χ2v) is 9.52. The number of amides is 1. The third-order valence-corrected chi connectivity index (χ3v) is 6.29. The van der Waals surface area contributed by atoms with Crippen molar-refractivity contribution in [3.05, 3.63) is 71.6 Å². The molecule has 34 heavy (non-hydrogen) atoms. The normalized spacial score (nSPS) is 18.6. The van der Waals surface area contributed by atoms with E-state index < -0.39 is 0 Å². The third-order valence-electron chi connectivity index (χ3n) is 6.29. The number of nitrogens with one attached hydrogen (secondary N) is 1. The number of piperidine rings is 1. The fraction of sp³-hybridized carbons (Fsp3) is 0.429. The Morgan fingerprint density at radius 1 is 1.09 bits per heavy atom. The first kappa shape index (κ1) is 24.0. The minimum atomic E-state index is -0.0486. The van der Waals surface area contributed by atoms with Crippen molar-refractivity contribution in [3.8, 4) is 17.2 Å². The summed E-state index contributed by atoms with van der Waals surface area (Å²) in [4.78, 5) is 19.7. The Bertz CT molecular complexity index is 1050. The van der Waals surface area contributed by atoms with E-state index in [2.05, 4.69) is 29.0 Å². The molecule has 0 radical (unpaired) electrons. The molecule has 3 aromatic rings. The van der Waals surface area contributed by atoms with Gasteiger partial charge in [0.15, 0.2) is 0 Å². The molecule has 2 unspecified atom stereocenters. The van der Waals surface area contributed by atoms with E-state index in [0.29, 0.717) is 24.6 Å². The van der Waals surface area contributed by atoms with Crippen LogP contribution in [-0.2, 0) is 6.61 Å². The molecule has 0 spiro atoms. The second-order valence-electron chi connectivity index (χ2n) is 9.52. The molecule has 2 heterocycles. The number of carbonyl (C=O) groups is 1. The summed E-state index contributed by atoms with van der Waals surface area (Å²) in [6.45, 7) is 10.9. The van der Waals surface area contributed by atoms with E-state index in [0.717, 1.165) is 47.6 Å². The minimum Gasteiger partial charge on any atom is -0.487 e. The number of ether oxygens (including phenoxy) is 1. The van der Waals surface area contributed by atoms with Crippen LogP contribution >= 0.6 is 0 Å². The van der Waals surface area contributed by atoms with Crippen molar-refractivity contribution < 1.29 is 13.9 Å². The van der Waals surface area contributed by atoms with Crippen LogP contribution in [0.25, 0.3) is 11.5 Å². The number of nitrogens with zero attached hydrogens (tertiary/aromatic N) is 2. The maximum atomic E-state index is 12.5. The van der Waals surface area contributed by atoms with Crippen LogP contribution in [0.5, 0.6) is 5.75 Å². The summed E-state index contributed by atoms with van der Waals surface area (Å²) >= 11 is 0. The molecule has 1 aliphatic rings. The molecule has 0 aliphatic carbocycles. The Hall–Kier alpha value is -3.12. The molecule has 0 saturated carbocycles. The van der Waals surface area contributed by atoms with Gasteiger partial charge in [0.05, 0.1) is 0 Å². The van der Waals surface area contributed by atoms with Crippen molar-refractivity contribution in [2.75, 3.05) is 26.2 Å². The van der Waals surface area contributed by atoms with Gasteiger partial charge >= 0.3 is 0 Å². The molecule has 1 aliphatic heterocycles. The first-order chi connectivity index (χ1) is 16.5. The molecular weight excluding hydrogens is 426 g/mol. The molecule has 180 valence electrons. The zero-order chi connectivity index (χ0) is 23.9. The van der Waals surface area contributed by atoms with Gasteiger partial charge in [-0.2, -0.15) is 0 Å². The highest BCUT2D eigenvalue weighted by Crippen LogP contribution is 2.24. The lowest BCUT2D eigenvalue weighted by molar-refractivity contribution is 0.0947. The number of aromatic nitrogens is 1. The summed E-state index contributed by atoms with van der Waals surface area (Å²) in [5.74, 6) is 3.52. The Morgan fingerprint density at radius 3 is 2.50 bits per heavy atom. The van der Waals surface area contributed by atoms with Gasteiger partial charge in [0.2, 0.25) is 5.89 Å². The molecule has 1 N–H and O–H groups in total. The van der Waals surface area contributed by atoms with Gasteiger partial charge in [0.25, 0.3) is 5.91 Å². The van der Waals surface area contributed by atoms with Crippen LogP contribution in [0.2, 0.25) is 0 Å². The van der Waals surface area contributed by atoms with Gasteiger partial charge in [0, 0.05) is 30.8 Å². The quantitative estimate of drug-likeness (QED) is 0.437. The van der Waals surface area contributed by atoms with Crippen molar-refractivity contribution in [1.29, 1.82) is 0 Å². The Balaban J connectivity index is 1.26. The number of hydrogen-bond donors (Lipinski definition) is 1. The summed E-state index contributed by atoms with van der Waals surface area (Å²) in [5, 5.41) is 3.04. The smallest absolute Gasteiger partial charge is 0.251 e. The summed E-state index contributed by atoms with van der Waals surface area (Å²) in [6, 6.07) is 17.0. The first-order valence-corrected chi connectivity index (χ1v) is 12.2. The maximum absolute atomic E-state index is 12.5. The van der Waals surface area contributed by atoms with Gasteiger partial charge in [-0.1, -0.05) is 32.0 Å². The van der Waals surface area contributed by atoms with Crippen LogP contribution in [0, 0.1) is 18.8 Å². The van der Waals surface area contributed by atoms with Crippen LogP contribution in [0.4, 0.5) is 0 Å². The number of benzene rings is 2. The zero-order valence-corrected chi connectivity index (χ0v) is 20.4. The zero-order valence-electron chi connectivity index (χ0n) is 20.4. The summed E-state index contributed by atoms with van der Waals surface area (Å²) in [5.41, 5.74) is 2.23. The SMILES string of the molecule is Cc1oc(-c2ccc(C(=O)NCCCN3CC(C)CC(C)C3)cc2)nc1COc1ccccc1. The fourth-order valence-electron chi connectivity index (χ4n) is 4.70. The standard InChI is InChI=1S/C28H35N3O3/c1-20-16-21(2)18-31(17-20)15-7-14-29-27(32)23-10-12-24(13-11-23)28-30-26(22(3)34-28)19-33-25-8-5-4-6-9-25/h4-6,8-13,20-21H,7,14-19H2,1-3H3,(H,29,32). The van der Waals surface area contributed by atoms with Gasteiger partial charge in [0.1, 0.15) is 23.8 Å². The Kier molecular flexibility index (Phi) is 8.01. The molecular formula is C28H35N3O3. The van der Waals surface area contributed by atoms with Gasteiger partial charge in [-0.3, -0.25) is 4.79 Å². The lowest BCUT2D eigenvalue weighted by atomic mass is 9.92. The molecule has 2 aromatic carbocycles. The van der Waals surface area contributed by atoms with Crippen molar-refractivity contribution in [3.63, 3.8) is 0 Å². The number of rotatable bonds is 9. The average molecular weight is 462 g/mol. The Morgan fingerprint density at radius 2 is 1.79 bits per heavy atom. The van der Waals surface area contributed by atoms with Gasteiger partial charge in [-0.15, -0.1) is 0 Å².